The summed E-state index contributed by atoms with van der Waals surface area (Å²) in [5.41, 5.74) is 1.61. The van der Waals surface area contributed by atoms with Gasteiger partial charge in [0.15, 0.2) is 0 Å². The fourth-order valence-corrected chi connectivity index (χ4v) is 4.48. The average Bonchev–Trinajstić information content (AvgIpc) is 3.30. The molecule has 0 bridgehead atoms. The van der Waals surface area contributed by atoms with Crippen LogP contribution in [-0.2, 0) is 16.1 Å². The summed E-state index contributed by atoms with van der Waals surface area (Å²) in [7, 11) is 0. The fraction of sp³-hybridized carbons (Fsp3) is 0.579. The number of benzene rings is 1. The Morgan fingerprint density at radius 2 is 1.96 bits per heavy atom. The van der Waals surface area contributed by atoms with Crippen LogP contribution >= 0.6 is 0 Å². The minimum Gasteiger partial charge on any atom is -0.344 e. The second-order valence-corrected chi connectivity index (χ2v) is 7.61. The van der Waals surface area contributed by atoms with Crippen molar-refractivity contribution in [1.29, 1.82) is 0 Å². The van der Waals surface area contributed by atoms with E-state index in [2.05, 4.69) is 40.5 Å². The molecule has 0 aromatic heterocycles. The zero-order valence-corrected chi connectivity index (χ0v) is 14.0. The van der Waals surface area contributed by atoms with Crippen LogP contribution in [0.25, 0.3) is 0 Å². The van der Waals surface area contributed by atoms with Gasteiger partial charge < -0.3 is 10.2 Å². The van der Waals surface area contributed by atoms with Gasteiger partial charge in [0.25, 0.3) is 0 Å². The van der Waals surface area contributed by atoms with Gasteiger partial charge in [0.05, 0.1) is 0 Å². The zero-order valence-electron chi connectivity index (χ0n) is 14.0. The maximum atomic E-state index is 12.6. The average molecular weight is 327 g/mol. The summed E-state index contributed by atoms with van der Waals surface area (Å²) in [6.45, 7) is 4.86. The van der Waals surface area contributed by atoms with Crippen molar-refractivity contribution >= 4 is 11.8 Å². The summed E-state index contributed by atoms with van der Waals surface area (Å²) in [4.78, 5) is 28.5. The van der Waals surface area contributed by atoms with Gasteiger partial charge in [0.1, 0.15) is 6.04 Å². The maximum absolute atomic E-state index is 12.6. The molecular formula is C19H25N3O2. The third-order valence-electron chi connectivity index (χ3n) is 5.81. The van der Waals surface area contributed by atoms with Gasteiger partial charge in [0, 0.05) is 38.0 Å². The zero-order chi connectivity index (χ0) is 16.6. The molecule has 2 atom stereocenters. The molecule has 3 heterocycles. The molecule has 128 valence electrons. The minimum atomic E-state index is -0.283. The van der Waals surface area contributed by atoms with Crippen LogP contribution in [0.2, 0.25) is 0 Å². The molecule has 1 unspecified atom stereocenters. The lowest BCUT2D eigenvalue weighted by Crippen LogP contribution is -2.44. The van der Waals surface area contributed by atoms with Crippen LogP contribution in [0.1, 0.15) is 31.2 Å². The van der Waals surface area contributed by atoms with Gasteiger partial charge in [-0.05, 0) is 31.4 Å². The first-order valence-electron chi connectivity index (χ1n) is 8.98. The summed E-state index contributed by atoms with van der Waals surface area (Å²) in [5, 5.41) is 2.81. The SMILES string of the molecule is O=C1CC[C@@H](C(=O)N2CCC3(CCN(Cc4ccccc4)C3)C2)N1. The minimum absolute atomic E-state index is 0.0113. The molecule has 1 N–H and O–H groups in total. The van der Waals surface area contributed by atoms with Crippen LogP contribution in [-0.4, -0.2) is 53.8 Å². The number of carbonyl (C=O) groups is 2. The van der Waals surface area contributed by atoms with E-state index in [0.29, 0.717) is 12.8 Å². The van der Waals surface area contributed by atoms with Crippen LogP contribution in [0, 0.1) is 5.41 Å². The fourth-order valence-electron chi connectivity index (χ4n) is 4.48. The second-order valence-electron chi connectivity index (χ2n) is 7.61. The summed E-state index contributed by atoms with van der Waals surface area (Å²) < 4.78 is 0. The smallest absolute Gasteiger partial charge is 0.245 e. The number of rotatable bonds is 3. The lowest BCUT2D eigenvalue weighted by molar-refractivity contribution is -0.133. The molecule has 1 aromatic rings. The molecule has 0 radical (unpaired) electrons. The Balaban J connectivity index is 1.34. The molecule has 1 spiro atoms. The summed E-state index contributed by atoms with van der Waals surface area (Å²) in [5.74, 6) is 0.136. The Morgan fingerprint density at radius 1 is 1.17 bits per heavy atom. The van der Waals surface area contributed by atoms with E-state index in [1.54, 1.807) is 0 Å². The second kappa shape index (κ2) is 6.20. The summed E-state index contributed by atoms with van der Waals surface area (Å²) in [6.07, 6.45) is 3.40. The van der Waals surface area contributed by atoms with Gasteiger partial charge in [-0.3, -0.25) is 14.5 Å². The van der Waals surface area contributed by atoms with Crippen LogP contribution in [0.4, 0.5) is 0 Å². The van der Waals surface area contributed by atoms with Crippen LogP contribution < -0.4 is 5.32 Å². The number of carbonyl (C=O) groups excluding carboxylic acids is 2. The van der Waals surface area contributed by atoms with Crippen molar-refractivity contribution in [3.63, 3.8) is 0 Å². The Kier molecular flexibility index (Phi) is 4.04. The number of hydrogen-bond donors (Lipinski definition) is 1. The molecule has 0 saturated carbocycles. The summed E-state index contributed by atoms with van der Waals surface area (Å²) in [6, 6.07) is 10.3. The third-order valence-corrected chi connectivity index (χ3v) is 5.81. The first-order chi connectivity index (χ1) is 11.6. The van der Waals surface area contributed by atoms with Gasteiger partial charge in [0.2, 0.25) is 11.8 Å². The highest BCUT2D eigenvalue weighted by molar-refractivity contribution is 5.91. The van der Waals surface area contributed by atoms with Crippen molar-refractivity contribution in [2.24, 2.45) is 5.41 Å². The van der Waals surface area contributed by atoms with Crippen molar-refractivity contribution in [1.82, 2.24) is 15.1 Å². The molecule has 3 saturated heterocycles. The van der Waals surface area contributed by atoms with Gasteiger partial charge in [-0.25, -0.2) is 0 Å². The lowest BCUT2D eigenvalue weighted by atomic mass is 9.86. The van der Waals surface area contributed by atoms with Crippen molar-refractivity contribution in [3.8, 4) is 0 Å². The maximum Gasteiger partial charge on any atom is 0.245 e. The molecule has 3 aliphatic rings. The Morgan fingerprint density at radius 3 is 2.71 bits per heavy atom. The van der Waals surface area contributed by atoms with E-state index in [9.17, 15) is 9.59 Å². The van der Waals surface area contributed by atoms with Gasteiger partial charge >= 0.3 is 0 Å². The number of hydrogen-bond acceptors (Lipinski definition) is 3. The Bertz CT molecular complexity index is 633. The Labute approximate surface area is 143 Å². The van der Waals surface area contributed by atoms with E-state index < -0.39 is 0 Å². The van der Waals surface area contributed by atoms with Crippen LogP contribution in [0.5, 0.6) is 0 Å². The van der Waals surface area contributed by atoms with E-state index >= 15 is 0 Å². The lowest BCUT2D eigenvalue weighted by Gasteiger charge is -2.26. The van der Waals surface area contributed by atoms with Crippen molar-refractivity contribution in [2.75, 3.05) is 26.2 Å². The molecule has 5 heteroatoms. The molecule has 24 heavy (non-hydrogen) atoms. The quantitative estimate of drug-likeness (QED) is 0.913. The first-order valence-corrected chi connectivity index (χ1v) is 8.98. The topological polar surface area (TPSA) is 52.7 Å². The number of nitrogens with one attached hydrogen (secondary N) is 1. The summed E-state index contributed by atoms with van der Waals surface area (Å²) >= 11 is 0. The molecule has 0 aliphatic carbocycles. The predicted molar refractivity (Wildman–Crippen MR) is 91.1 cm³/mol. The normalized spacial score (nSPS) is 30.2. The standard InChI is InChI=1S/C19H25N3O2/c23-17-7-6-16(20-17)18(24)22-11-9-19(14-22)8-10-21(13-19)12-15-4-2-1-3-5-15/h1-5,16H,6-14H2,(H,20,23)/t16-,19?/m0/s1. The van der Waals surface area contributed by atoms with Crippen LogP contribution in [0.15, 0.2) is 30.3 Å². The predicted octanol–water partition coefficient (Wildman–Crippen LogP) is 1.39. The highest BCUT2D eigenvalue weighted by Gasteiger charge is 2.46. The van der Waals surface area contributed by atoms with Crippen molar-refractivity contribution in [3.05, 3.63) is 35.9 Å². The molecule has 1 aromatic carbocycles. The molecule has 5 nitrogen and oxygen atoms in total. The van der Waals surface area contributed by atoms with Gasteiger partial charge in [-0.15, -0.1) is 0 Å². The monoisotopic (exact) mass is 327 g/mol. The number of amides is 2. The molecule has 3 aliphatic heterocycles. The molecule has 4 rings (SSSR count). The van der Waals surface area contributed by atoms with E-state index in [4.69, 9.17) is 0 Å². The molecular weight excluding hydrogens is 302 g/mol. The van der Waals surface area contributed by atoms with Crippen molar-refractivity contribution in [2.45, 2.75) is 38.3 Å². The highest BCUT2D eigenvalue weighted by Crippen LogP contribution is 2.40. The van der Waals surface area contributed by atoms with E-state index in [-0.39, 0.29) is 23.3 Å². The molecule has 2 amide bonds. The first kappa shape index (κ1) is 15.6. The Hall–Kier alpha value is -1.88. The van der Waals surface area contributed by atoms with Crippen molar-refractivity contribution < 1.29 is 9.59 Å². The third kappa shape index (κ3) is 3.05. The van der Waals surface area contributed by atoms with Gasteiger partial charge in [-0.1, -0.05) is 30.3 Å². The van der Waals surface area contributed by atoms with E-state index in [1.807, 2.05) is 4.90 Å². The van der Waals surface area contributed by atoms with Crippen LogP contribution in [0.3, 0.4) is 0 Å². The van der Waals surface area contributed by atoms with Gasteiger partial charge in [-0.2, -0.15) is 0 Å². The number of likely N-dealkylation sites (tertiary alicyclic amines) is 2. The van der Waals surface area contributed by atoms with E-state index in [1.165, 1.54) is 12.0 Å². The largest absolute Gasteiger partial charge is 0.344 e. The number of nitrogens with zero attached hydrogens (tertiary/aromatic N) is 2. The molecule has 3 fully saturated rings. The van der Waals surface area contributed by atoms with E-state index in [0.717, 1.165) is 39.1 Å². The highest BCUT2D eigenvalue weighted by atomic mass is 16.2.